The summed E-state index contributed by atoms with van der Waals surface area (Å²) in [6.07, 6.45) is 2.39. The summed E-state index contributed by atoms with van der Waals surface area (Å²) in [5.41, 5.74) is 1.22. The minimum Gasteiger partial charge on any atom is -0.480 e. The van der Waals surface area contributed by atoms with E-state index in [2.05, 4.69) is 0 Å². The molecule has 0 spiro atoms. The van der Waals surface area contributed by atoms with E-state index in [1.54, 1.807) is 24.3 Å². The molecule has 1 aromatic carbocycles. The summed E-state index contributed by atoms with van der Waals surface area (Å²) >= 11 is 0. The minimum atomic E-state index is -0.953. The van der Waals surface area contributed by atoms with Gasteiger partial charge in [0.05, 0.1) is 12.5 Å². The number of likely N-dealkylation sites (tertiary alicyclic amines) is 1. The largest absolute Gasteiger partial charge is 0.480 e. The normalized spacial score (nSPS) is 18.4. The van der Waals surface area contributed by atoms with Gasteiger partial charge in [-0.2, -0.15) is 5.26 Å². The molecule has 5 nitrogen and oxygen atoms in total. The van der Waals surface area contributed by atoms with E-state index in [1.165, 1.54) is 4.90 Å². The summed E-state index contributed by atoms with van der Waals surface area (Å²) < 4.78 is 0. The van der Waals surface area contributed by atoms with Gasteiger partial charge in [-0.15, -0.1) is 0 Å². The molecule has 0 unspecified atom stereocenters. The molecule has 1 aromatic rings. The van der Waals surface area contributed by atoms with Crippen LogP contribution < -0.4 is 0 Å². The van der Waals surface area contributed by atoms with Gasteiger partial charge in [-0.25, -0.2) is 4.79 Å². The molecule has 0 radical (unpaired) electrons. The molecule has 1 heterocycles. The quantitative estimate of drug-likeness (QED) is 0.910. The van der Waals surface area contributed by atoms with E-state index < -0.39 is 12.0 Å². The van der Waals surface area contributed by atoms with Gasteiger partial charge in [0.25, 0.3) is 5.91 Å². The van der Waals surface area contributed by atoms with E-state index in [1.807, 2.05) is 6.07 Å². The molecule has 20 heavy (non-hydrogen) atoms. The fraction of sp³-hybridized carbons (Fsp3) is 0.400. The Morgan fingerprint density at radius 3 is 2.90 bits per heavy atom. The van der Waals surface area contributed by atoms with E-state index in [-0.39, 0.29) is 12.3 Å². The number of nitriles is 1. The van der Waals surface area contributed by atoms with Crippen LogP contribution in [0.1, 0.15) is 35.2 Å². The first-order valence-electron chi connectivity index (χ1n) is 6.63. The molecule has 104 valence electrons. The van der Waals surface area contributed by atoms with Gasteiger partial charge < -0.3 is 10.0 Å². The molecule has 1 aliphatic rings. The molecule has 1 atom stereocenters. The maximum Gasteiger partial charge on any atom is 0.326 e. The smallest absolute Gasteiger partial charge is 0.326 e. The highest BCUT2D eigenvalue weighted by Gasteiger charge is 2.32. The molecule has 0 saturated carbocycles. The summed E-state index contributed by atoms with van der Waals surface area (Å²) in [7, 11) is 0. The van der Waals surface area contributed by atoms with Crippen molar-refractivity contribution < 1.29 is 14.7 Å². The molecule has 2 rings (SSSR count). The van der Waals surface area contributed by atoms with E-state index >= 15 is 0 Å². The van der Waals surface area contributed by atoms with Gasteiger partial charge >= 0.3 is 5.97 Å². The van der Waals surface area contributed by atoms with E-state index in [4.69, 9.17) is 5.26 Å². The molecule has 1 aliphatic heterocycles. The SMILES string of the molecule is N#CCc1cccc(C(=O)N2CCCC[C@H]2C(=O)O)c1. The lowest BCUT2D eigenvalue weighted by Crippen LogP contribution is -2.48. The van der Waals surface area contributed by atoms with Crippen molar-refractivity contribution in [2.75, 3.05) is 6.54 Å². The number of amides is 1. The van der Waals surface area contributed by atoms with E-state index in [0.29, 0.717) is 18.5 Å². The first-order chi connectivity index (χ1) is 9.63. The highest BCUT2D eigenvalue weighted by molar-refractivity contribution is 5.96. The van der Waals surface area contributed by atoms with Crippen molar-refractivity contribution in [1.29, 1.82) is 5.26 Å². The zero-order chi connectivity index (χ0) is 14.5. The lowest BCUT2D eigenvalue weighted by Gasteiger charge is -2.33. The summed E-state index contributed by atoms with van der Waals surface area (Å²) in [5, 5.41) is 17.9. The molecule has 5 heteroatoms. The molecular formula is C15H16N2O3. The second-order valence-corrected chi connectivity index (χ2v) is 4.88. The lowest BCUT2D eigenvalue weighted by molar-refractivity contribution is -0.143. The summed E-state index contributed by atoms with van der Waals surface area (Å²) in [4.78, 5) is 25.1. The van der Waals surface area contributed by atoms with Gasteiger partial charge in [-0.05, 0) is 37.0 Å². The standard InChI is InChI=1S/C15H16N2O3/c16-8-7-11-4-3-5-12(10-11)14(18)17-9-2-1-6-13(17)15(19)20/h3-5,10,13H,1-2,6-7,9H2,(H,19,20)/t13-/m0/s1. The topological polar surface area (TPSA) is 81.4 Å². The molecule has 1 saturated heterocycles. The fourth-order valence-electron chi connectivity index (χ4n) is 2.50. The summed E-state index contributed by atoms with van der Waals surface area (Å²) in [6.45, 7) is 0.471. The third kappa shape index (κ3) is 2.97. The maximum absolute atomic E-state index is 12.5. The second kappa shape index (κ2) is 6.20. The number of piperidine rings is 1. The number of hydrogen-bond donors (Lipinski definition) is 1. The Labute approximate surface area is 117 Å². The number of nitrogens with zero attached hydrogens (tertiary/aromatic N) is 2. The number of hydrogen-bond acceptors (Lipinski definition) is 3. The van der Waals surface area contributed by atoms with Crippen LogP contribution in [0.2, 0.25) is 0 Å². The Balaban J connectivity index is 2.23. The van der Waals surface area contributed by atoms with Gasteiger partial charge in [0, 0.05) is 12.1 Å². The molecule has 1 amide bonds. The van der Waals surface area contributed by atoms with Crippen LogP contribution in [0.25, 0.3) is 0 Å². The first kappa shape index (κ1) is 14.1. The minimum absolute atomic E-state index is 0.240. The van der Waals surface area contributed by atoms with Crippen LogP contribution in [0.15, 0.2) is 24.3 Å². The van der Waals surface area contributed by atoms with Crippen LogP contribution >= 0.6 is 0 Å². The molecule has 1 fully saturated rings. The monoisotopic (exact) mass is 272 g/mol. The van der Waals surface area contributed by atoms with Crippen LogP contribution in [0.5, 0.6) is 0 Å². The lowest BCUT2D eigenvalue weighted by atomic mass is 10.00. The number of carboxylic acid groups (broad SMARTS) is 1. The molecule has 0 bridgehead atoms. The summed E-state index contributed by atoms with van der Waals surface area (Å²) in [6, 6.07) is 8.13. The van der Waals surface area contributed by atoms with Crippen LogP contribution in [-0.4, -0.2) is 34.5 Å². The zero-order valence-corrected chi connectivity index (χ0v) is 11.1. The molecule has 0 aliphatic carbocycles. The van der Waals surface area contributed by atoms with Crippen LogP contribution in [-0.2, 0) is 11.2 Å². The Bertz CT molecular complexity index is 562. The Morgan fingerprint density at radius 2 is 2.20 bits per heavy atom. The predicted octanol–water partition coefficient (Wildman–Crippen LogP) is 1.83. The van der Waals surface area contributed by atoms with Crippen LogP contribution in [0.3, 0.4) is 0 Å². The van der Waals surface area contributed by atoms with Crippen molar-refractivity contribution in [3.05, 3.63) is 35.4 Å². The van der Waals surface area contributed by atoms with Crippen molar-refractivity contribution >= 4 is 11.9 Å². The number of carbonyl (C=O) groups is 2. The van der Waals surface area contributed by atoms with Crippen molar-refractivity contribution in [2.45, 2.75) is 31.7 Å². The molecular weight excluding hydrogens is 256 g/mol. The number of rotatable bonds is 3. The van der Waals surface area contributed by atoms with Crippen LogP contribution in [0.4, 0.5) is 0 Å². The van der Waals surface area contributed by atoms with Crippen LogP contribution in [0, 0.1) is 11.3 Å². The third-order valence-corrected chi connectivity index (χ3v) is 3.51. The first-order valence-corrected chi connectivity index (χ1v) is 6.63. The van der Waals surface area contributed by atoms with Crippen molar-refractivity contribution in [2.24, 2.45) is 0 Å². The second-order valence-electron chi connectivity index (χ2n) is 4.88. The van der Waals surface area contributed by atoms with Crippen molar-refractivity contribution in [1.82, 2.24) is 4.90 Å². The molecule has 1 N–H and O–H groups in total. The average molecular weight is 272 g/mol. The summed E-state index contributed by atoms with van der Waals surface area (Å²) in [5.74, 6) is -1.22. The third-order valence-electron chi connectivity index (χ3n) is 3.51. The number of aliphatic carboxylic acids is 1. The highest BCUT2D eigenvalue weighted by atomic mass is 16.4. The number of carboxylic acids is 1. The van der Waals surface area contributed by atoms with Gasteiger partial charge in [-0.1, -0.05) is 12.1 Å². The van der Waals surface area contributed by atoms with E-state index in [0.717, 1.165) is 18.4 Å². The Morgan fingerprint density at radius 1 is 1.40 bits per heavy atom. The average Bonchev–Trinajstić information content (AvgIpc) is 2.47. The number of carbonyl (C=O) groups excluding carboxylic acids is 1. The van der Waals surface area contributed by atoms with E-state index in [9.17, 15) is 14.7 Å². The maximum atomic E-state index is 12.5. The fourth-order valence-corrected chi connectivity index (χ4v) is 2.50. The van der Waals surface area contributed by atoms with Crippen molar-refractivity contribution in [3.8, 4) is 6.07 Å². The van der Waals surface area contributed by atoms with Gasteiger partial charge in [-0.3, -0.25) is 4.79 Å². The highest BCUT2D eigenvalue weighted by Crippen LogP contribution is 2.20. The molecule has 0 aromatic heterocycles. The zero-order valence-electron chi connectivity index (χ0n) is 11.1. The Kier molecular flexibility index (Phi) is 4.36. The predicted molar refractivity (Wildman–Crippen MR) is 72.1 cm³/mol. The number of benzene rings is 1. The van der Waals surface area contributed by atoms with Crippen molar-refractivity contribution in [3.63, 3.8) is 0 Å². The van der Waals surface area contributed by atoms with Gasteiger partial charge in [0.2, 0.25) is 0 Å². The van der Waals surface area contributed by atoms with Gasteiger partial charge in [0.15, 0.2) is 0 Å². The van der Waals surface area contributed by atoms with Gasteiger partial charge in [0.1, 0.15) is 6.04 Å². The Hall–Kier alpha value is -2.35.